The summed E-state index contributed by atoms with van der Waals surface area (Å²) in [7, 11) is 0. The van der Waals surface area contributed by atoms with Crippen molar-refractivity contribution in [1.29, 1.82) is 0 Å². The third-order valence-electron chi connectivity index (χ3n) is 3.47. The van der Waals surface area contributed by atoms with E-state index in [9.17, 15) is 9.59 Å². The van der Waals surface area contributed by atoms with Crippen molar-refractivity contribution in [1.82, 2.24) is 0 Å². The lowest BCUT2D eigenvalue weighted by Crippen LogP contribution is -2.59. The molecule has 1 aromatic carbocycles. The highest BCUT2D eigenvalue weighted by atomic mass is 16.5. The van der Waals surface area contributed by atoms with Gasteiger partial charge in [-0.15, -0.1) is 0 Å². The van der Waals surface area contributed by atoms with Gasteiger partial charge in [-0.1, -0.05) is 12.1 Å². The topological polar surface area (TPSA) is 121 Å². The van der Waals surface area contributed by atoms with Crippen molar-refractivity contribution < 1.29 is 18.8 Å². The number of carbonyl (C=O) groups is 2. The second-order valence-electron chi connectivity index (χ2n) is 5.08. The van der Waals surface area contributed by atoms with E-state index >= 15 is 0 Å². The molecule has 0 aliphatic heterocycles. The zero-order valence-electron chi connectivity index (χ0n) is 13.0. The number of carbonyl (C=O) groups excluding carboxylic acids is 2. The number of quaternary nitrogens is 1. The highest BCUT2D eigenvalue weighted by molar-refractivity contribution is 5.93. The van der Waals surface area contributed by atoms with Crippen LogP contribution in [0.5, 0.6) is 5.75 Å². The van der Waals surface area contributed by atoms with E-state index in [4.69, 9.17) is 21.9 Å². The summed E-state index contributed by atoms with van der Waals surface area (Å²) in [5, 5.41) is 0. The van der Waals surface area contributed by atoms with Gasteiger partial charge in [0.15, 0.2) is 0 Å². The summed E-state index contributed by atoms with van der Waals surface area (Å²) < 4.78 is 5.19. The molecule has 0 aliphatic rings. The molecule has 122 valence electrons. The van der Waals surface area contributed by atoms with Gasteiger partial charge in [-0.3, -0.25) is 9.28 Å². The van der Waals surface area contributed by atoms with E-state index in [-0.39, 0.29) is 16.1 Å². The number of rotatable bonds is 8. The van der Waals surface area contributed by atoms with Gasteiger partial charge in [0.05, 0.1) is 19.6 Å². The van der Waals surface area contributed by atoms with Crippen LogP contribution in [-0.4, -0.2) is 55.6 Å². The minimum atomic E-state index is -0.477. The van der Waals surface area contributed by atoms with Crippen LogP contribution in [0.25, 0.3) is 0 Å². The van der Waals surface area contributed by atoms with Crippen LogP contribution >= 0.6 is 0 Å². The summed E-state index contributed by atoms with van der Waals surface area (Å²) in [6, 6.07) is 6.66. The summed E-state index contributed by atoms with van der Waals surface area (Å²) >= 11 is 0. The number of nitrogens with zero attached hydrogens (tertiary/aromatic N) is 1. The molecule has 6 N–H and O–H groups in total. The molecule has 7 nitrogen and oxygen atoms in total. The summed E-state index contributed by atoms with van der Waals surface area (Å²) in [5.41, 5.74) is 17.4. The van der Waals surface area contributed by atoms with Gasteiger partial charge in [0, 0.05) is 26.6 Å². The van der Waals surface area contributed by atoms with Crippen LogP contribution in [0.1, 0.15) is 17.3 Å². The molecule has 0 fully saturated rings. The molecule has 0 saturated carbocycles. The van der Waals surface area contributed by atoms with Gasteiger partial charge in [0.25, 0.3) is 0 Å². The summed E-state index contributed by atoms with van der Waals surface area (Å²) in [6.45, 7) is 3.60. The van der Waals surface area contributed by atoms with E-state index in [0.717, 1.165) is 0 Å². The minimum absolute atomic E-state index is 0.0573. The predicted octanol–water partition coefficient (Wildman–Crippen LogP) is -0.555. The molecule has 1 aromatic rings. The Kier molecular flexibility index (Phi) is 7.13. The van der Waals surface area contributed by atoms with Crippen molar-refractivity contribution >= 4 is 11.9 Å². The molecule has 1 rings (SSSR count). The van der Waals surface area contributed by atoms with Gasteiger partial charge in [0.1, 0.15) is 11.3 Å². The number of amides is 1. The highest BCUT2D eigenvalue weighted by Crippen LogP contribution is 2.23. The van der Waals surface area contributed by atoms with Crippen molar-refractivity contribution in [3.63, 3.8) is 0 Å². The molecule has 0 unspecified atom stereocenters. The molecule has 0 saturated heterocycles. The Morgan fingerprint density at radius 2 is 1.50 bits per heavy atom. The second kappa shape index (κ2) is 8.60. The van der Waals surface area contributed by atoms with Crippen LogP contribution < -0.4 is 21.9 Å². The second-order valence-corrected chi connectivity index (χ2v) is 5.08. The van der Waals surface area contributed by atoms with Crippen molar-refractivity contribution in [3.8, 4) is 5.75 Å². The normalized spacial score (nSPS) is 11.3. The summed E-state index contributed by atoms with van der Waals surface area (Å²) in [5.74, 6) is -0.415. The van der Waals surface area contributed by atoms with Gasteiger partial charge in [0.2, 0.25) is 0 Å². The Morgan fingerprint density at radius 1 is 1.00 bits per heavy atom. The average molecular weight is 309 g/mol. The van der Waals surface area contributed by atoms with E-state index in [1.165, 1.54) is 6.92 Å². The van der Waals surface area contributed by atoms with Crippen LogP contribution in [-0.2, 0) is 4.79 Å². The monoisotopic (exact) mass is 309 g/mol. The van der Waals surface area contributed by atoms with Gasteiger partial charge < -0.3 is 21.9 Å². The maximum absolute atomic E-state index is 13.1. The lowest BCUT2D eigenvalue weighted by Gasteiger charge is -2.35. The smallest absolute Gasteiger partial charge is 0.349 e. The quantitative estimate of drug-likeness (QED) is 0.336. The zero-order valence-corrected chi connectivity index (χ0v) is 13.0. The lowest BCUT2D eigenvalue weighted by molar-refractivity contribution is -0.844. The van der Waals surface area contributed by atoms with Gasteiger partial charge in [-0.25, -0.2) is 4.79 Å². The Morgan fingerprint density at radius 3 is 1.95 bits per heavy atom. The van der Waals surface area contributed by atoms with Gasteiger partial charge in [-0.2, -0.15) is 0 Å². The molecular formula is C15H25N4O3+. The van der Waals surface area contributed by atoms with Crippen molar-refractivity contribution in [3.05, 3.63) is 29.8 Å². The fourth-order valence-corrected chi connectivity index (χ4v) is 2.52. The highest BCUT2D eigenvalue weighted by Gasteiger charge is 2.37. The SMILES string of the molecule is CC(=O)Oc1ccccc1C(=O)[N+](CCN)(CCN)CCN. The van der Waals surface area contributed by atoms with Gasteiger partial charge in [-0.05, 0) is 12.1 Å². The molecule has 0 aliphatic carbocycles. The van der Waals surface area contributed by atoms with Crippen molar-refractivity contribution in [2.45, 2.75) is 6.92 Å². The molecule has 0 spiro atoms. The Labute approximate surface area is 130 Å². The molecular weight excluding hydrogens is 284 g/mol. The number of nitrogens with two attached hydrogens (primary N) is 3. The maximum atomic E-state index is 13.1. The van der Waals surface area contributed by atoms with E-state index in [2.05, 4.69) is 0 Å². The Hall–Kier alpha value is -1.80. The lowest BCUT2D eigenvalue weighted by atomic mass is 10.1. The standard InChI is InChI=1S/C15H25N4O3/c1-12(20)22-14-5-3-2-4-13(14)15(21)19(9-6-16,10-7-17)11-8-18/h2-5H,6-11,16-18H2,1H3/q+1. The third kappa shape index (κ3) is 4.35. The van der Waals surface area contributed by atoms with Crippen LogP contribution in [0.4, 0.5) is 0 Å². The number of hydrogen-bond acceptors (Lipinski definition) is 6. The van der Waals surface area contributed by atoms with Crippen LogP contribution in [0.2, 0.25) is 0 Å². The molecule has 0 bridgehead atoms. The predicted molar refractivity (Wildman–Crippen MR) is 84.1 cm³/mol. The first kappa shape index (κ1) is 18.2. The van der Waals surface area contributed by atoms with Crippen LogP contribution in [0.15, 0.2) is 24.3 Å². The first-order valence-corrected chi connectivity index (χ1v) is 7.29. The van der Waals surface area contributed by atoms with Crippen molar-refractivity contribution in [2.75, 3.05) is 39.3 Å². The fourth-order valence-electron chi connectivity index (χ4n) is 2.52. The first-order chi connectivity index (χ1) is 10.5. The number of esters is 1. The third-order valence-corrected chi connectivity index (χ3v) is 3.47. The molecule has 7 heteroatoms. The summed E-state index contributed by atoms with van der Waals surface area (Å²) in [6.07, 6.45) is 0. The zero-order chi connectivity index (χ0) is 16.6. The number of benzene rings is 1. The van der Waals surface area contributed by atoms with Crippen molar-refractivity contribution in [2.24, 2.45) is 17.2 Å². The molecule has 0 radical (unpaired) electrons. The fraction of sp³-hybridized carbons (Fsp3) is 0.467. The van der Waals surface area contributed by atoms with E-state index < -0.39 is 5.97 Å². The first-order valence-electron chi connectivity index (χ1n) is 7.29. The van der Waals surface area contributed by atoms with E-state index in [0.29, 0.717) is 44.8 Å². The average Bonchev–Trinajstić information content (AvgIpc) is 2.47. The Bertz CT molecular complexity index is 502. The van der Waals surface area contributed by atoms with E-state index in [1.54, 1.807) is 24.3 Å². The maximum Gasteiger partial charge on any atom is 0.349 e. The Balaban J connectivity index is 3.26. The summed E-state index contributed by atoms with van der Waals surface area (Å²) in [4.78, 5) is 24.3. The largest absolute Gasteiger partial charge is 0.426 e. The van der Waals surface area contributed by atoms with E-state index in [1.807, 2.05) is 0 Å². The van der Waals surface area contributed by atoms with Crippen LogP contribution in [0, 0.1) is 0 Å². The number of ether oxygens (including phenoxy) is 1. The molecule has 22 heavy (non-hydrogen) atoms. The molecule has 0 atom stereocenters. The number of para-hydroxylation sites is 1. The molecule has 0 aromatic heterocycles. The van der Waals surface area contributed by atoms with Gasteiger partial charge >= 0.3 is 11.9 Å². The molecule has 1 amide bonds. The number of hydrogen-bond donors (Lipinski definition) is 3. The molecule has 0 heterocycles. The van der Waals surface area contributed by atoms with Crippen LogP contribution in [0.3, 0.4) is 0 Å². The minimum Gasteiger partial charge on any atom is -0.426 e.